The summed E-state index contributed by atoms with van der Waals surface area (Å²) in [4.78, 5) is 10.8. The van der Waals surface area contributed by atoms with E-state index >= 15 is 0 Å². The summed E-state index contributed by atoms with van der Waals surface area (Å²) in [7, 11) is 0. The zero-order chi connectivity index (χ0) is 14.8. The maximum atomic E-state index is 11.1. The average molecular weight is 503 g/mol. The van der Waals surface area contributed by atoms with Gasteiger partial charge in [0.15, 0.2) is 0 Å². The molecule has 0 aromatic heterocycles. The smallest absolute Gasteiger partial charge is 0.258 e. The van der Waals surface area contributed by atoms with E-state index in [0.29, 0.717) is 0 Å². The summed E-state index contributed by atoms with van der Waals surface area (Å²) < 4.78 is -0.186. The molecule has 5 heteroatoms. The molecule has 5 rings (SSSR count). The van der Waals surface area contributed by atoms with Crippen LogP contribution in [-0.2, 0) is 6.84 Å². The molecule has 0 heterocycles. The fraction of sp³-hybridized carbons (Fsp3) is 0.250. The first-order valence-electron chi connectivity index (χ1n) is 6.74. The molecule has 3 aliphatic carbocycles. The fourth-order valence-electron chi connectivity index (χ4n) is 3.67. The van der Waals surface area contributed by atoms with Crippen molar-refractivity contribution >= 4 is 50.9 Å². The summed E-state index contributed by atoms with van der Waals surface area (Å²) in [5, 5.41) is 11.1. The van der Waals surface area contributed by atoms with Gasteiger partial charge >= 0.3 is 0 Å². The monoisotopic (exact) mass is 503 g/mol. The highest BCUT2D eigenvalue weighted by Crippen LogP contribution is 2.64. The Bertz CT molecular complexity index is 792. The van der Waals surface area contributed by atoms with Crippen LogP contribution in [0.2, 0.25) is 0 Å². The number of halogens is 2. The number of nitrogens with zero attached hydrogens (tertiary/aromatic N) is 1. The van der Waals surface area contributed by atoms with Gasteiger partial charge in [-0.25, -0.2) is 0 Å². The third kappa shape index (κ3) is 1.70. The largest absolute Gasteiger partial charge is 0.269 e. The second-order valence-electron chi connectivity index (χ2n) is 5.63. The number of non-ortho nitro benzene ring substituents is 1. The van der Waals surface area contributed by atoms with Gasteiger partial charge in [-0.1, -0.05) is 75.5 Å². The van der Waals surface area contributed by atoms with Crippen molar-refractivity contribution in [3.8, 4) is 0 Å². The molecule has 3 aliphatic rings. The number of rotatable bonds is 1. The van der Waals surface area contributed by atoms with Gasteiger partial charge in [-0.05, 0) is 35.1 Å². The first-order valence-corrected chi connectivity index (χ1v) is 8.90. The minimum absolute atomic E-state index is 0.0499. The standard InChI is InChI=1S/C16H11I2NO2/c17-15-7-8-16(18,12-4-2-1-3-11(12)15)14-9-10(19(20)21)5-6-13(14)15/h1-6,9H,7-8H2. The van der Waals surface area contributed by atoms with E-state index in [1.54, 1.807) is 12.1 Å². The number of benzene rings is 2. The zero-order valence-electron chi connectivity index (χ0n) is 11.0. The molecule has 3 nitrogen and oxygen atoms in total. The average Bonchev–Trinajstić information content (AvgIpc) is 2.50. The van der Waals surface area contributed by atoms with Crippen molar-refractivity contribution in [1.82, 2.24) is 0 Å². The predicted octanol–water partition coefficient (Wildman–Crippen LogP) is 5.06. The van der Waals surface area contributed by atoms with E-state index in [1.807, 2.05) is 6.07 Å². The first kappa shape index (κ1) is 13.9. The molecule has 0 aliphatic heterocycles. The molecule has 0 radical (unpaired) electrons. The van der Waals surface area contributed by atoms with Gasteiger partial charge in [-0.3, -0.25) is 10.1 Å². The molecule has 0 saturated heterocycles. The molecule has 2 unspecified atom stereocenters. The Hall–Kier alpha value is -0.700. The van der Waals surface area contributed by atoms with E-state index in [1.165, 1.54) is 16.7 Å². The second kappa shape index (κ2) is 4.41. The highest BCUT2D eigenvalue weighted by Gasteiger charge is 2.53. The van der Waals surface area contributed by atoms with Crippen molar-refractivity contribution in [2.75, 3.05) is 0 Å². The van der Waals surface area contributed by atoms with Gasteiger partial charge in [0.2, 0.25) is 0 Å². The third-order valence-corrected chi connectivity index (χ3v) is 8.07. The van der Waals surface area contributed by atoms with Gasteiger partial charge in [0.1, 0.15) is 0 Å². The fourth-order valence-corrected chi connectivity index (χ4v) is 6.06. The molecule has 21 heavy (non-hydrogen) atoms. The van der Waals surface area contributed by atoms with E-state index in [-0.39, 0.29) is 17.5 Å². The van der Waals surface area contributed by atoms with Crippen LogP contribution in [0.4, 0.5) is 5.69 Å². The van der Waals surface area contributed by atoms with Gasteiger partial charge < -0.3 is 0 Å². The SMILES string of the molecule is O=[N+]([O-])c1ccc2c(c1)C1(I)CCC2(I)c2ccccc21. The van der Waals surface area contributed by atoms with Crippen LogP contribution >= 0.6 is 45.2 Å². The number of hydrogen-bond donors (Lipinski definition) is 0. The lowest BCUT2D eigenvalue weighted by Gasteiger charge is -2.50. The third-order valence-electron chi connectivity index (χ3n) is 4.66. The summed E-state index contributed by atoms with van der Waals surface area (Å²) in [5.41, 5.74) is 5.24. The molecule has 106 valence electrons. The summed E-state index contributed by atoms with van der Waals surface area (Å²) in [6.45, 7) is 0. The van der Waals surface area contributed by atoms with Crippen molar-refractivity contribution in [1.29, 1.82) is 0 Å². The van der Waals surface area contributed by atoms with Gasteiger partial charge in [0, 0.05) is 12.1 Å². The van der Waals surface area contributed by atoms with Crippen LogP contribution in [-0.4, -0.2) is 4.92 Å². The van der Waals surface area contributed by atoms with Crippen molar-refractivity contribution < 1.29 is 4.92 Å². The molecule has 0 amide bonds. The highest BCUT2D eigenvalue weighted by molar-refractivity contribution is 14.1. The molecular formula is C16H11I2NO2. The van der Waals surface area contributed by atoms with Crippen molar-refractivity contribution in [2.45, 2.75) is 19.7 Å². The van der Waals surface area contributed by atoms with Crippen molar-refractivity contribution in [2.24, 2.45) is 0 Å². The molecule has 2 bridgehead atoms. The maximum absolute atomic E-state index is 11.1. The lowest BCUT2D eigenvalue weighted by molar-refractivity contribution is -0.385. The Morgan fingerprint density at radius 2 is 1.43 bits per heavy atom. The minimum Gasteiger partial charge on any atom is -0.258 e. The van der Waals surface area contributed by atoms with Gasteiger partial charge in [0.05, 0.1) is 11.8 Å². The molecule has 0 N–H and O–H groups in total. The Morgan fingerprint density at radius 1 is 0.905 bits per heavy atom. The Kier molecular flexibility index (Phi) is 2.92. The Balaban J connectivity index is 2.07. The van der Waals surface area contributed by atoms with Gasteiger partial charge in [-0.15, -0.1) is 0 Å². The summed E-state index contributed by atoms with van der Waals surface area (Å²) in [6.07, 6.45) is 2.11. The summed E-state index contributed by atoms with van der Waals surface area (Å²) >= 11 is 5.03. The van der Waals surface area contributed by atoms with Crippen LogP contribution in [0.5, 0.6) is 0 Å². The van der Waals surface area contributed by atoms with Crippen LogP contribution in [0.1, 0.15) is 35.1 Å². The van der Waals surface area contributed by atoms with E-state index in [9.17, 15) is 10.1 Å². The first-order chi connectivity index (χ1) is 9.97. The number of alkyl halides is 2. The topological polar surface area (TPSA) is 43.1 Å². The lowest BCUT2D eigenvalue weighted by Crippen LogP contribution is -2.42. The number of fused-ring (bicyclic) bond motifs is 1. The van der Waals surface area contributed by atoms with Crippen LogP contribution < -0.4 is 0 Å². The molecule has 2 aromatic carbocycles. The van der Waals surface area contributed by atoms with E-state index in [4.69, 9.17) is 0 Å². The van der Waals surface area contributed by atoms with Crippen LogP contribution in [0.15, 0.2) is 42.5 Å². The number of hydrogen-bond acceptors (Lipinski definition) is 2. The Labute approximate surface area is 149 Å². The van der Waals surface area contributed by atoms with Crippen LogP contribution in [0, 0.1) is 10.1 Å². The second-order valence-corrected chi connectivity index (χ2v) is 9.32. The molecular weight excluding hydrogens is 492 g/mol. The molecule has 2 aromatic rings. The quantitative estimate of drug-likeness (QED) is 0.237. The predicted molar refractivity (Wildman–Crippen MR) is 98.4 cm³/mol. The molecule has 0 fully saturated rings. The van der Waals surface area contributed by atoms with Crippen LogP contribution in [0.3, 0.4) is 0 Å². The normalized spacial score (nSPS) is 28.9. The van der Waals surface area contributed by atoms with E-state index < -0.39 is 0 Å². The Morgan fingerprint density at radius 3 is 2.00 bits per heavy atom. The number of nitro benzene ring substituents is 1. The highest BCUT2D eigenvalue weighted by atomic mass is 127. The van der Waals surface area contributed by atoms with Gasteiger partial charge in [-0.2, -0.15) is 0 Å². The van der Waals surface area contributed by atoms with Crippen molar-refractivity contribution in [3.63, 3.8) is 0 Å². The van der Waals surface area contributed by atoms with E-state index in [0.717, 1.165) is 18.4 Å². The molecule has 0 spiro atoms. The summed E-state index contributed by atoms with van der Waals surface area (Å²) in [6, 6.07) is 13.9. The molecule has 2 atom stereocenters. The summed E-state index contributed by atoms with van der Waals surface area (Å²) in [5.74, 6) is 0. The molecule has 0 saturated carbocycles. The number of nitro groups is 1. The maximum Gasteiger partial charge on any atom is 0.269 e. The minimum atomic E-state index is -0.297. The van der Waals surface area contributed by atoms with Gasteiger partial charge in [0.25, 0.3) is 5.69 Å². The zero-order valence-corrected chi connectivity index (χ0v) is 15.3. The lowest BCUT2D eigenvalue weighted by atomic mass is 9.63. The van der Waals surface area contributed by atoms with E-state index in [2.05, 4.69) is 69.4 Å². The van der Waals surface area contributed by atoms with Crippen molar-refractivity contribution in [3.05, 3.63) is 74.8 Å². The van der Waals surface area contributed by atoms with Crippen LogP contribution in [0.25, 0.3) is 0 Å².